The number of hydrogen-bond acceptors (Lipinski definition) is 6. The summed E-state index contributed by atoms with van der Waals surface area (Å²) in [6.45, 7) is 4.88. The number of aliphatic hydroxyl groups is 1. The minimum Gasteiger partial charge on any atom is -0.395 e. The maximum absolute atomic E-state index is 12.7. The highest BCUT2D eigenvalue weighted by atomic mass is 32.1. The molecule has 0 radical (unpaired) electrons. The van der Waals surface area contributed by atoms with E-state index in [0.29, 0.717) is 23.7 Å². The normalized spacial score (nSPS) is 12.5. The molecule has 0 saturated heterocycles. The molecular formula is C23H24N4O2S. The van der Waals surface area contributed by atoms with Gasteiger partial charge in [0.2, 0.25) is 0 Å². The van der Waals surface area contributed by atoms with E-state index in [2.05, 4.69) is 34.1 Å². The molecule has 0 spiro atoms. The zero-order valence-corrected chi connectivity index (χ0v) is 17.7. The van der Waals surface area contributed by atoms with E-state index in [1.807, 2.05) is 41.8 Å². The molecule has 1 aromatic carbocycles. The lowest BCUT2D eigenvalue weighted by molar-refractivity contribution is 0.210. The highest BCUT2D eigenvalue weighted by Gasteiger charge is 2.13. The molecule has 0 saturated carbocycles. The standard InChI is InChI=1S/C23H24N4O2S/c1-14(2)20(12-28)25-11-15-3-4-17-10-18(22(29)26-19(17)9-15)21-13-30-23(27-21)16-5-7-24-8-6-16/h3-10,13-14,20,25,28H,11-12H2,1-2H3,(H,26,29). The van der Waals surface area contributed by atoms with Crippen molar-refractivity contribution in [3.63, 3.8) is 0 Å². The number of rotatable bonds is 7. The lowest BCUT2D eigenvalue weighted by Gasteiger charge is -2.20. The average Bonchev–Trinajstić information content (AvgIpc) is 3.24. The molecule has 3 heterocycles. The molecule has 154 valence electrons. The van der Waals surface area contributed by atoms with E-state index in [9.17, 15) is 9.90 Å². The first kappa shape index (κ1) is 20.4. The van der Waals surface area contributed by atoms with Crippen molar-refractivity contribution in [2.24, 2.45) is 5.92 Å². The smallest absolute Gasteiger partial charge is 0.257 e. The van der Waals surface area contributed by atoms with Crippen LogP contribution in [-0.4, -0.2) is 32.7 Å². The number of fused-ring (bicyclic) bond motifs is 1. The molecule has 0 aliphatic heterocycles. The van der Waals surface area contributed by atoms with Gasteiger partial charge in [0.15, 0.2) is 0 Å². The van der Waals surface area contributed by atoms with E-state index in [-0.39, 0.29) is 18.2 Å². The lowest BCUT2D eigenvalue weighted by atomic mass is 10.0. The van der Waals surface area contributed by atoms with Crippen LogP contribution in [0.1, 0.15) is 19.4 Å². The summed E-state index contributed by atoms with van der Waals surface area (Å²) < 4.78 is 0. The van der Waals surface area contributed by atoms with Crippen LogP contribution in [0.15, 0.2) is 59.0 Å². The molecule has 7 heteroatoms. The molecule has 30 heavy (non-hydrogen) atoms. The minimum atomic E-state index is -0.158. The number of aromatic amines is 1. The number of aromatic nitrogens is 3. The van der Waals surface area contributed by atoms with Crippen molar-refractivity contribution in [2.75, 3.05) is 6.61 Å². The first-order valence-electron chi connectivity index (χ1n) is 9.91. The van der Waals surface area contributed by atoms with Gasteiger partial charge in [-0.15, -0.1) is 11.3 Å². The molecule has 6 nitrogen and oxygen atoms in total. The van der Waals surface area contributed by atoms with Crippen LogP contribution in [0.3, 0.4) is 0 Å². The van der Waals surface area contributed by atoms with Crippen molar-refractivity contribution < 1.29 is 5.11 Å². The second-order valence-electron chi connectivity index (χ2n) is 7.62. The van der Waals surface area contributed by atoms with Gasteiger partial charge in [0, 0.05) is 41.4 Å². The molecule has 0 aliphatic carbocycles. The number of benzene rings is 1. The topological polar surface area (TPSA) is 90.9 Å². The Balaban J connectivity index is 1.60. The van der Waals surface area contributed by atoms with Crippen LogP contribution in [0.2, 0.25) is 0 Å². The fraction of sp³-hybridized carbons (Fsp3) is 0.261. The maximum Gasteiger partial charge on any atom is 0.257 e. The van der Waals surface area contributed by atoms with Gasteiger partial charge in [-0.3, -0.25) is 9.78 Å². The zero-order valence-electron chi connectivity index (χ0n) is 16.9. The summed E-state index contributed by atoms with van der Waals surface area (Å²) in [5.41, 5.74) is 3.90. The van der Waals surface area contributed by atoms with Crippen LogP contribution in [0, 0.1) is 5.92 Å². The van der Waals surface area contributed by atoms with Gasteiger partial charge in [0.05, 0.1) is 17.9 Å². The number of nitrogens with zero attached hydrogens (tertiary/aromatic N) is 2. The van der Waals surface area contributed by atoms with Crippen molar-refractivity contribution in [3.8, 4) is 21.8 Å². The third-order valence-corrected chi connectivity index (χ3v) is 6.08. The van der Waals surface area contributed by atoms with Crippen molar-refractivity contribution in [1.82, 2.24) is 20.3 Å². The first-order chi connectivity index (χ1) is 14.5. The van der Waals surface area contributed by atoms with Crippen LogP contribution in [0.25, 0.3) is 32.7 Å². The molecule has 3 N–H and O–H groups in total. The summed E-state index contributed by atoms with van der Waals surface area (Å²) >= 11 is 1.51. The molecule has 0 bridgehead atoms. The summed E-state index contributed by atoms with van der Waals surface area (Å²) in [6.07, 6.45) is 3.46. The van der Waals surface area contributed by atoms with E-state index in [4.69, 9.17) is 0 Å². The molecule has 0 fully saturated rings. The number of H-pyrrole nitrogens is 1. The molecular weight excluding hydrogens is 396 g/mol. The molecule has 4 rings (SSSR count). The monoisotopic (exact) mass is 420 g/mol. The van der Waals surface area contributed by atoms with Gasteiger partial charge in [-0.25, -0.2) is 4.98 Å². The Labute approximate surface area is 178 Å². The molecule has 1 unspecified atom stereocenters. The van der Waals surface area contributed by atoms with Crippen molar-refractivity contribution >= 4 is 22.2 Å². The number of nitrogens with one attached hydrogen (secondary N) is 2. The second kappa shape index (κ2) is 8.87. The average molecular weight is 421 g/mol. The lowest BCUT2D eigenvalue weighted by Crippen LogP contribution is -2.36. The van der Waals surface area contributed by atoms with Gasteiger partial charge >= 0.3 is 0 Å². The number of pyridine rings is 2. The second-order valence-corrected chi connectivity index (χ2v) is 8.48. The van der Waals surface area contributed by atoms with E-state index < -0.39 is 0 Å². The van der Waals surface area contributed by atoms with Gasteiger partial charge in [-0.2, -0.15) is 0 Å². The Morgan fingerprint density at radius 1 is 1.17 bits per heavy atom. The summed E-state index contributed by atoms with van der Waals surface area (Å²) in [6, 6.07) is 11.8. The van der Waals surface area contributed by atoms with Crippen LogP contribution in [0.5, 0.6) is 0 Å². The third-order valence-electron chi connectivity index (χ3n) is 5.19. The van der Waals surface area contributed by atoms with Crippen LogP contribution >= 0.6 is 11.3 Å². The van der Waals surface area contributed by atoms with Crippen LogP contribution in [-0.2, 0) is 6.54 Å². The maximum atomic E-state index is 12.7. The molecule has 0 amide bonds. The van der Waals surface area contributed by atoms with E-state index in [1.54, 1.807) is 12.4 Å². The Bertz CT molecular complexity index is 1200. The van der Waals surface area contributed by atoms with Gasteiger partial charge in [0.25, 0.3) is 5.56 Å². The predicted molar refractivity (Wildman–Crippen MR) is 121 cm³/mol. The minimum absolute atomic E-state index is 0.0429. The van der Waals surface area contributed by atoms with E-state index in [0.717, 1.165) is 27.0 Å². The van der Waals surface area contributed by atoms with Gasteiger partial charge in [0.1, 0.15) is 5.01 Å². The van der Waals surface area contributed by atoms with Crippen molar-refractivity contribution in [1.29, 1.82) is 0 Å². The summed E-state index contributed by atoms with van der Waals surface area (Å²) in [4.78, 5) is 24.4. The number of thiazole rings is 1. The fourth-order valence-electron chi connectivity index (χ4n) is 3.33. The molecule has 4 aromatic rings. The van der Waals surface area contributed by atoms with Gasteiger partial charge in [-0.1, -0.05) is 26.0 Å². The van der Waals surface area contributed by atoms with Crippen molar-refractivity contribution in [2.45, 2.75) is 26.4 Å². The summed E-state index contributed by atoms with van der Waals surface area (Å²) in [7, 11) is 0. The highest BCUT2D eigenvalue weighted by molar-refractivity contribution is 7.13. The Kier molecular flexibility index (Phi) is 6.03. The fourth-order valence-corrected chi connectivity index (χ4v) is 4.16. The largest absolute Gasteiger partial charge is 0.395 e. The Hall–Kier alpha value is -2.87. The number of hydrogen-bond donors (Lipinski definition) is 3. The van der Waals surface area contributed by atoms with Crippen molar-refractivity contribution in [3.05, 3.63) is 70.1 Å². The third kappa shape index (κ3) is 4.33. The number of aliphatic hydroxyl groups excluding tert-OH is 1. The first-order valence-corrected chi connectivity index (χ1v) is 10.8. The molecule has 1 atom stereocenters. The van der Waals surface area contributed by atoms with Crippen LogP contribution < -0.4 is 10.9 Å². The van der Waals surface area contributed by atoms with E-state index >= 15 is 0 Å². The van der Waals surface area contributed by atoms with Crippen LogP contribution in [0.4, 0.5) is 0 Å². The predicted octanol–water partition coefficient (Wildman–Crippen LogP) is 3.82. The summed E-state index contributed by atoms with van der Waals surface area (Å²) in [5, 5.41) is 16.6. The SMILES string of the molecule is CC(C)C(CO)NCc1ccc2cc(-c3csc(-c4ccncc4)n3)c(=O)[nH]c2c1. The Morgan fingerprint density at radius 3 is 2.70 bits per heavy atom. The summed E-state index contributed by atoms with van der Waals surface area (Å²) in [5.74, 6) is 0.341. The van der Waals surface area contributed by atoms with Gasteiger partial charge < -0.3 is 15.4 Å². The zero-order chi connectivity index (χ0) is 21.1. The highest BCUT2D eigenvalue weighted by Crippen LogP contribution is 2.28. The Morgan fingerprint density at radius 2 is 1.97 bits per heavy atom. The molecule has 0 aliphatic rings. The quantitative estimate of drug-likeness (QED) is 0.423. The molecule has 3 aromatic heterocycles. The van der Waals surface area contributed by atoms with Gasteiger partial charge in [-0.05, 0) is 41.1 Å². The van der Waals surface area contributed by atoms with E-state index in [1.165, 1.54) is 11.3 Å².